The fourth-order valence-corrected chi connectivity index (χ4v) is 0.839. The molecule has 0 aliphatic carbocycles. The molecule has 0 saturated carbocycles. The van der Waals surface area contributed by atoms with Crippen molar-refractivity contribution in [2.24, 2.45) is 9.98 Å². The summed E-state index contributed by atoms with van der Waals surface area (Å²) in [5.74, 6) is 0. The van der Waals surface area contributed by atoms with Gasteiger partial charge in [0.1, 0.15) is 13.0 Å². The number of aliphatic imine (C=N–C) groups is 2. The van der Waals surface area contributed by atoms with Crippen LogP contribution in [0.15, 0.2) is 9.98 Å². The summed E-state index contributed by atoms with van der Waals surface area (Å²) in [4.78, 5) is 10.0. The lowest BCUT2D eigenvalue weighted by molar-refractivity contribution is 0.429. The number of rotatable bonds is 3. The smallest absolute Gasteiger partial charge is 0.113 e. The van der Waals surface area contributed by atoms with Crippen molar-refractivity contribution in [2.45, 2.75) is 19.8 Å². The molecule has 1 aliphatic rings. The largest absolute Gasteiger partial charge is 0.343 e. The van der Waals surface area contributed by atoms with Crippen molar-refractivity contribution in [3.63, 3.8) is 0 Å². The number of hydrogen-bond acceptors (Lipinski definition) is 3. The summed E-state index contributed by atoms with van der Waals surface area (Å²) < 4.78 is 0. The summed E-state index contributed by atoms with van der Waals surface area (Å²) in [6.07, 6.45) is 5.90. The zero-order chi connectivity index (χ0) is 7.23. The summed E-state index contributed by atoms with van der Waals surface area (Å²) in [7, 11) is 0. The fourth-order valence-electron chi connectivity index (χ4n) is 0.839. The number of unbranched alkanes of at least 4 members (excludes halogenated alkanes) is 1. The van der Waals surface area contributed by atoms with Crippen LogP contribution >= 0.6 is 0 Å². The maximum atomic E-state index is 4.01. The molecule has 3 heteroatoms. The Balaban J connectivity index is 2.17. The second-order valence-electron chi connectivity index (χ2n) is 2.37. The van der Waals surface area contributed by atoms with Crippen LogP contribution in [0.1, 0.15) is 19.8 Å². The molecule has 10 heavy (non-hydrogen) atoms. The molecular weight excluding hydrogens is 126 g/mol. The summed E-state index contributed by atoms with van der Waals surface area (Å²) >= 11 is 0. The van der Waals surface area contributed by atoms with Gasteiger partial charge in [0.25, 0.3) is 0 Å². The fraction of sp³-hybridized carbons (Fsp3) is 0.714. The van der Waals surface area contributed by atoms with E-state index in [1.807, 2.05) is 6.34 Å². The lowest BCUT2D eigenvalue weighted by Gasteiger charge is -2.17. The van der Waals surface area contributed by atoms with Gasteiger partial charge < -0.3 is 4.90 Å². The molecule has 1 aliphatic heterocycles. The molecule has 0 fully saturated rings. The van der Waals surface area contributed by atoms with E-state index < -0.39 is 0 Å². The van der Waals surface area contributed by atoms with Gasteiger partial charge in [-0.25, -0.2) is 4.99 Å². The van der Waals surface area contributed by atoms with Gasteiger partial charge in [-0.1, -0.05) is 13.3 Å². The standard InChI is InChI=1S/C7H13N3/c1-2-3-4-10-6-8-5-9-7-10/h5-6H,2-4,7H2,1H3. The van der Waals surface area contributed by atoms with Gasteiger partial charge in [0.2, 0.25) is 0 Å². The number of nitrogens with zero attached hydrogens (tertiary/aromatic N) is 3. The van der Waals surface area contributed by atoms with Crippen LogP contribution in [-0.2, 0) is 0 Å². The molecule has 0 atom stereocenters. The minimum Gasteiger partial charge on any atom is -0.343 e. The van der Waals surface area contributed by atoms with E-state index in [0.29, 0.717) is 0 Å². The van der Waals surface area contributed by atoms with Crippen LogP contribution in [-0.4, -0.2) is 30.8 Å². The van der Waals surface area contributed by atoms with Gasteiger partial charge in [-0.3, -0.25) is 4.99 Å². The molecule has 3 nitrogen and oxygen atoms in total. The monoisotopic (exact) mass is 139 g/mol. The summed E-state index contributed by atoms with van der Waals surface area (Å²) in [6.45, 7) is 4.05. The summed E-state index contributed by atoms with van der Waals surface area (Å²) in [6, 6.07) is 0. The van der Waals surface area contributed by atoms with Crippen LogP contribution in [0.25, 0.3) is 0 Å². The highest BCUT2D eigenvalue weighted by Gasteiger charge is 1.98. The predicted molar refractivity (Wildman–Crippen MR) is 43.5 cm³/mol. The van der Waals surface area contributed by atoms with E-state index in [9.17, 15) is 0 Å². The second kappa shape index (κ2) is 4.04. The second-order valence-corrected chi connectivity index (χ2v) is 2.37. The van der Waals surface area contributed by atoms with Gasteiger partial charge in [0, 0.05) is 6.54 Å². The molecule has 56 valence electrons. The summed E-state index contributed by atoms with van der Waals surface area (Å²) in [5.41, 5.74) is 0. The van der Waals surface area contributed by atoms with Gasteiger partial charge in [-0.2, -0.15) is 0 Å². The molecule has 0 radical (unpaired) electrons. The minimum atomic E-state index is 0.781. The van der Waals surface area contributed by atoms with Crippen LogP contribution in [0.4, 0.5) is 0 Å². The molecule has 0 amide bonds. The first-order valence-corrected chi connectivity index (χ1v) is 3.69. The quantitative estimate of drug-likeness (QED) is 0.575. The van der Waals surface area contributed by atoms with Gasteiger partial charge in [0.15, 0.2) is 0 Å². The van der Waals surface area contributed by atoms with E-state index in [1.165, 1.54) is 12.8 Å². The topological polar surface area (TPSA) is 28.0 Å². The third-order valence-corrected chi connectivity index (χ3v) is 1.44. The van der Waals surface area contributed by atoms with Gasteiger partial charge in [-0.05, 0) is 6.42 Å². The Bertz CT molecular complexity index is 140. The molecule has 0 aromatic carbocycles. The lowest BCUT2D eigenvalue weighted by Crippen LogP contribution is -2.25. The van der Waals surface area contributed by atoms with Crippen LogP contribution < -0.4 is 0 Å². The third kappa shape index (κ3) is 2.17. The maximum Gasteiger partial charge on any atom is 0.113 e. The van der Waals surface area contributed by atoms with Crippen LogP contribution in [0, 0.1) is 0 Å². The normalized spacial score (nSPS) is 16.3. The average Bonchev–Trinajstić information content (AvgIpc) is 2.03. The van der Waals surface area contributed by atoms with Crippen molar-refractivity contribution in [2.75, 3.05) is 13.2 Å². The molecule has 1 rings (SSSR count). The van der Waals surface area contributed by atoms with Crippen molar-refractivity contribution < 1.29 is 0 Å². The first-order valence-electron chi connectivity index (χ1n) is 3.69. The molecule has 0 aromatic heterocycles. The van der Waals surface area contributed by atoms with E-state index in [0.717, 1.165) is 13.2 Å². The van der Waals surface area contributed by atoms with Crippen LogP contribution in [0.3, 0.4) is 0 Å². The SMILES string of the molecule is CCCCN1C=NC=NC1. The Morgan fingerprint density at radius 3 is 3.10 bits per heavy atom. The molecule has 0 aromatic rings. The first-order chi connectivity index (χ1) is 4.93. The molecule has 0 unspecified atom stereocenters. The third-order valence-electron chi connectivity index (χ3n) is 1.44. The van der Waals surface area contributed by atoms with E-state index in [-0.39, 0.29) is 0 Å². The van der Waals surface area contributed by atoms with Gasteiger partial charge in [0.05, 0.1) is 6.34 Å². The van der Waals surface area contributed by atoms with Crippen molar-refractivity contribution >= 4 is 12.7 Å². The minimum absolute atomic E-state index is 0.781. The Labute approximate surface area is 61.5 Å². The predicted octanol–water partition coefficient (Wildman–Crippen LogP) is 1.12. The molecular formula is C7H13N3. The Kier molecular flexibility index (Phi) is 2.93. The van der Waals surface area contributed by atoms with E-state index in [2.05, 4.69) is 21.8 Å². The molecule has 0 spiro atoms. The van der Waals surface area contributed by atoms with E-state index >= 15 is 0 Å². The Morgan fingerprint density at radius 2 is 2.50 bits per heavy atom. The zero-order valence-corrected chi connectivity index (χ0v) is 6.32. The Hall–Kier alpha value is -0.860. The van der Waals surface area contributed by atoms with E-state index in [4.69, 9.17) is 0 Å². The molecule has 0 bridgehead atoms. The van der Waals surface area contributed by atoms with Gasteiger partial charge >= 0.3 is 0 Å². The van der Waals surface area contributed by atoms with Gasteiger partial charge in [-0.15, -0.1) is 0 Å². The Morgan fingerprint density at radius 1 is 1.60 bits per heavy atom. The average molecular weight is 139 g/mol. The molecule has 0 saturated heterocycles. The highest BCUT2D eigenvalue weighted by atomic mass is 15.2. The summed E-state index contributed by atoms with van der Waals surface area (Å²) in [5, 5.41) is 0. The van der Waals surface area contributed by atoms with Crippen molar-refractivity contribution in [3.05, 3.63) is 0 Å². The highest BCUT2D eigenvalue weighted by Crippen LogP contribution is 1.94. The van der Waals surface area contributed by atoms with E-state index in [1.54, 1.807) is 6.34 Å². The van der Waals surface area contributed by atoms with Crippen LogP contribution in [0.2, 0.25) is 0 Å². The number of hydrogen-bond donors (Lipinski definition) is 0. The molecule has 0 N–H and O–H groups in total. The zero-order valence-electron chi connectivity index (χ0n) is 6.32. The molecule has 1 heterocycles. The van der Waals surface area contributed by atoms with Crippen molar-refractivity contribution in [1.82, 2.24) is 4.90 Å². The highest BCUT2D eigenvalue weighted by molar-refractivity contribution is 5.72. The maximum absolute atomic E-state index is 4.01. The first kappa shape index (κ1) is 7.25. The lowest BCUT2D eigenvalue weighted by atomic mass is 10.3. The van der Waals surface area contributed by atoms with Crippen LogP contribution in [0.5, 0.6) is 0 Å². The van der Waals surface area contributed by atoms with Crippen molar-refractivity contribution in [3.8, 4) is 0 Å². The van der Waals surface area contributed by atoms with Crippen molar-refractivity contribution in [1.29, 1.82) is 0 Å².